The minimum atomic E-state index is 0.723. The van der Waals surface area contributed by atoms with Crippen LogP contribution in [0.2, 0.25) is 0 Å². The molecule has 2 aromatic carbocycles. The summed E-state index contributed by atoms with van der Waals surface area (Å²) in [5.74, 6) is 0.889. The van der Waals surface area contributed by atoms with Crippen molar-refractivity contribution in [2.24, 2.45) is 0 Å². The molecular weight excluding hydrogens is 402 g/mol. The van der Waals surface area contributed by atoms with Crippen LogP contribution in [0.3, 0.4) is 0 Å². The minimum Gasteiger partial charge on any atom is -0.497 e. The molecule has 2 heterocycles. The summed E-state index contributed by atoms with van der Waals surface area (Å²) >= 11 is 7.05. The number of nitrogens with one attached hydrogen (secondary N) is 1. The Labute approximate surface area is 180 Å². The highest BCUT2D eigenvalue weighted by atomic mass is 32.1. The largest absolute Gasteiger partial charge is 0.497 e. The first-order chi connectivity index (χ1) is 14.1. The summed E-state index contributed by atoms with van der Waals surface area (Å²) < 4.78 is 7.95. The van der Waals surface area contributed by atoms with Crippen LogP contribution in [0.4, 0.5) is 16.5 Å². The first-order valence-corrected chi connectivity index (χ1v) is 10.9. The number of hydrogen-bond donors (Lipinski definition) is 1. The van der Waals surface area contributed by atoms with E-state index in [1.54, 1.807) is 7.11 Å². The number of ether oxygens (including phenoxy) is 1. The van der Waals surface area contributed by atoms with Gasteiger partial charge < -0.3 is 15.0 Å². The van der Waals surface area contributed by atoms with Gasteiger partial charge in [0, 0.05) is 37.6 Å². The molecule has 0 radical (unpaired) electrons. The summed E-state index contributed by atoms with van der Waals surface area (Å²) in [5, 5.41) is 8.87. The van der Waals surface area contributed by atoms with E-state index in [9.17, 15) is 0 Å². The summed E-state index contributed by atoms with van der Waals surface area (Å²) in [6.45, 7) is 6.73. The van der Waals surface area contributed by atoms with Gasteiger partial charge in [0.15, 0.2) is 3.95 Å². The molecule has 0 unspecified atom stereocenters. The van der Waals surface area contributed by atoms with Gasteiger partial charge in [-0.3, -0.25) is 4.90 Å². The Bertz CT molecular complexity index is 1010. The van der Waals surface area contributed by atoms with Crippen LogP contribution in [-0.2, 0) is 6.67 Å². The lowest BCUT2D eigenvalue weighted by Gasteiger charge is -2.35. The second kappa shape index (κ2) is 8.94. The molecule has 1 aliphatic rings. The molecule has 1 aliphatic heterocycles. The number of rotatable bonds is 6. The fourth-order valence-corrected chi connectivity index (χ4v) is 4.44. The van der Waals surface area contributed by atoms with Crippen LogP contribution in [0.1, 0.15) is 5.56 Å². The number of methoxy groups -OCH3 is 1. The van der Waals surface area contributed by atoms with Gasteiger partial charge in [0.05, 0.1) is 13.8 Å². The Kier molecular flexibility index (Phi) is 6.13. The van der Waals surface area contributed by atoms with Gasteiger partial charge in [0.1, 0.15) is 5.75 Å². The molecule has 4 rings (SSSR count). The van der Waals surface area contributed by atoms with E-state index in [0.29, 0.717) is 0 Å². The molecule has 0 aliphatic carbocycles. The second-order valence-electron chi connectivity index (χ2n) is 7.11. The summed E-state index contributed by atoms with van der Waals surface area (Å²) in [7, 11) is 1.69. The van der Waals surface area contributed by atoms with Gasteiger partial charge in [-0.2, -0.15) is 0 Å². The SMILES string of the molecule is COc1ccc(N2CCN(Cn3nc(Nc4cccc(C)c4)sc3=S)CC2)cc1. The molecule has 0 atom stereocenters. The van der Waals surface area contributed by atoms with E-state index in [2.05, 4.69) is 51.4 Å². The molecule has 0 spiro atoms. The quantitative estimate of drug-likeness (QED) is 0.584. The average Bonchev–Trinajstić information content (AvgIpc) is 3.07. The Hall–Kier alpha value is -2.42. The van der Waals surface area contributed by atoms with Crippen LogP contribution in [0.15, 0.2) is 48.5 Å². The Morgan fingerprint density at radius 1 is 1.10 bits per heavy atom. The molecule has 152 valence electrons. The number of hydrogen-bond acceptors (Lipinski definition) is 7. The molecular formula is C21H25N5OS2. The number of aryl methyl sites for hydroxylation is 1. The third-order valence-electron chi connectivity index (χ3n) is 5.02. The van der Waals surface area contributed by atoms with Crippen LogP contribution in [0, 0.1) is 10.9 Å². The van der Waals surface area contributed by atoms with Crippen molar-refractivity contribution in [1.82, 2.24) is 14.7 Å². The first-order valence-electron chi connectivity index (χ1n) is 9.64. The monoisotopic (exact) mass is 427 g/mol. The van der Waals surface area contributed by atoms with Crippen molar-refractivity contribution in [3.8, 4) is 5.75 Å². The third-order valence-corrected chi connectivity index (χ3v) is 6.24. The lowest BCUT2D eigenvalue weighted by Crippen LogP contribution is -2.46. The van der Waals surface area contributed by atoms with E-state index >= 15 is 0 Å². The molecule has 3 aromatic rings. The van der Waals surface area contributed by atoms with E-state index in [-0.39, 0.29) is 0 Å². The van der Waals surface area contributed by atoms with Crippen LogP contribution in [0.25, 0.3) is 0 Å². The van der Waals surface area contributed by atoms with E-state index < -0.39 is 0 Å². The van der Waals surface area contributed by atoms with Crippen molar-refractivity contribution in [2.75, 3.05) is 43.5 Å². The number of anilines is 3. The molecule has 29 heavy (non-hydrogen) atoms. The van der Waals surface area contributed by atoms with Crippen molar-refractivity contribution in [1.29, 1.82) is 0 Å². The van der Waals surface area contributed by atoms with Gasteiger partial charge in [-0.15, -0.1) is 5.10 Å². The number of nitrogens with zero attached hydrogens (tertiary/aromatic N) is 4. The van der Waals surface area contributed by atoms with Gasteiger partial charge in [0.25, 0.3) is 0 Å². The van der Waals surface area contributed by atoms with Crippen molar-refractivity contribution in [2.45, 2.75) is 13.6 Å². The molecule has 1 N–H and O–H groups in total. The minimum absolute atomic E-state index is 0.723. The van der Waals surface area contributed by atoms with Gasteiger partial charge in [-0.1, -0.05) is 23.5 Å². The smallest absolute Gasteiger partial charge is 0.209 e. The highest BCUT2D eigenvalue weighted by Crippen LogP contribution is 2.23. The maximum atomic E-state index is 5.54. The van der Waals surface area contributed by atoms with Crippen molar-refractivity contribution < 1.29 is 4.74 Å². The van der Waals surface area contributed by atoms with Crippen molar-refractivity contribution in [3.05, 3.63) is 58.0 Å². The molecule has 1 fully saturated rings. The Morgan fingerprint density at radius 2 is 1.86 bits per heavy atom. The van der Waals surface area contributed by atoms with E-state index in [1.807, 2.05) is 28.9 Å². The van der Waals surface area contributed by atoms with Crippen LogP contribution in [0.5, 0.6) is 5.75 Å². The maximum absolute atomic E-state index is 5.54. The zero-order valence-electron chi connectivity index (χ0n) is 16.7. The van der Waals surface area contributed by atoms with E-state index in [0.717, 1.165) is 53.4 Å². The first kappa shape index (κ1) is 19.9. The Morgan fingerprint density at radius 3 is 2.55 bits per heavy atom. The third kappa shape index (κ3) is 4.95. The summed E-state index contributed by atoms with van der Waals surface area (Å²) in [5.41, 5.74) is 3.49. The predicted molar refractivity (Wildman–Crippen MR) is 122 cm³/mol. The molecule has 1 aromatic heterocycles. The van der Waals surface area contributed by atoms with Gasteiger partial charge >= 0.3 is 0 Å². The van der Waals surface area contributed by atoms with E-state index in [4.69, 9.17) is 17.0 Å². The highest BCUT2D eigenvalue weighted by molar-refractivity contribution is 7.73. The van der Waals surface area contributed by atoms with Gasteiger partial charge in [0.2, 0.25) is 5.13 Å². The summed E-state index contributed by atoms with van der Waals surface area (Å²) in [4.78, 5) is 4.80. The number of piperazine rings is 1. The summed E-state index contributed by atoms with van der Waals surface area (Å²) in [6.07, 6.45) is 0. The highest BCUT2D eigenvalue weighted by Gasteiger charge is 2.18. The zero-order valence-corrected chi connectivity index (χ0v) is 18.3. The Balaban J connectivity index is 1.34. The van der Waals surface area contributed by atoms with Crippen molar-refractivity contribution in [3.63, 3.8) is 0 Å². The van der Waals surface area contributed by atoms with Crippen molar-refractivity contribution >= 4 is 40.1 Å². The van der Waals surface area contributed by atoms with Crippen LogP contribution < -0.4 is 15.0 Å². The molecule has 1 saturated heterocycles. The maximum Gasteiger partial charge on any atom is 0.209 e. The molecule has 6 nitrogen and oxygen atoms in total. The molecule has 0 saturated carbocycles. The van der Waals surface area contributed by atoms with E-state index in [1.165, 1.54) is 22.6 Å². The normalized spacial score (nSPS) is 14.8. The molecule has 0 bridgehead atoms. The predicted octanol–water partition coefficient (Wildman–Crippen LogP) is 4.51. The second-order valence-corrected chi connectivity index (χ2v) is 8.73. The lowest BCUT2D eigenvalue weighted by atomic mass is 10.2. The average molecular weight is 428 g/mol. The zero-order chi connectivity index (χ0) is 20.2. The lowest BCUT2D eigenvalue weighted by molar-refractivity contribution is 0.195. The van der Waals surface area contributed by atoms with Gasteiger partial charge in [-0.25, -0.2) is 4.68 Å². The fraction of sp³-hybridized carbons (Fsp3) is 0.333. The van der Waals surface area contributed by atoms with Crippen LogP contribution in [-0.4, -0.2) is 48.0 Å². The molecule has 8 heteroatoms. The van der Waals surface area contributed by atoms with Crippen LogP contribution >= 0.6 is 23.6 Å². The standard InChI is InChI=1S/C21H25N5OS2/c1-16-4-3-5-17(14-16)22-20-23-26(21(28)29-20)15-24-10-12-25(13-11-24)18-6-8-19(27-2)9-7-18/h3-9,14H,10-13,15H2,1-2H3,(H,22,23). The summed E-state index contributed by atoms with van der Waals surface area (Å²) in [6, 6.07) is 16.5. The fourth-order valence-electron chi connectivity index (χ4n) is 3.42. The molecule has 0 amide bonds. The number of benzene rings is 2. The number of aromatic nitrogens is 2. The topological polar surface area (TPSA) is 45.6 Å². The van der Waals surface area contributed by atoms with Gasteiger partial charge in [-0.05, 0) is 61.1 Å².